The first-order valence-corrected chi connectivity index (χ1v) is 3.23. The first kappa shape index (κ1) is 6.59. The number of cyclic esters (lactones) is 1. The van der Waals surface area contributed by atoms with E-state index in [2.05, 4.69) is 0 Å². The van der Waals surface area contributed by atoms with Gasteiger partial charge in [-0.05, 0) is 27.2 Å². The number of rotatable bonds is 0. The number of carbonyl (C=O) groups excluding carboxylic acids is 1. The number of esters is 1. The van der Waals surface area contributed by atoms with E-state index in [0.717, 1.165) is 6.42 Å². The van der Waals surface area contributed by atoms with Crippen LogP contribution >= 0.6 is 0 Å². The lowest BCUT2D eigenvalue weighted by Gasteiger charge is -2.08. The van der Waals surface area contributed by atoms with E-state index in [-0.39, 0.29) is 17.5 Å². The Bertz CT molecular complexity index is 138. The molecule has 2 heteroatoms. The number of ether oxygens (including phenoxy) is 1. The highest BCUT2D eigenvalue weighted by Gasteiger charge is 2.39. The van der Waals surface area contributed by atoms with E-state index in [4.69, 9.17) is 4.74 Å². The third-order valence-electron chi connectivity index (χ3n) is 1.66. The van der Waals surface area contributed by atoms with Gasteiger partial charge in [0.15, 0.2) is 0 Å². The molecule has 9 heavy (non-hydrogen) atoms. The molecular formula is C7H12O2. The van der Waals surface area contributed by atoms with Gasteiger partial charge in [0.2, 0.25) is 0 Å². The molecule has 0 aliphatic carbocycles. The number of carbonyl (C=O) groups is 1. The minimum Gasteiger partial charge on any atom is -0.462 e. The van der Waals surface area contributed by atoms with Gasteiger partial charge >= 0.3 is 5.97 Å². The van der Waals surface area contributed by atoms with Crippen LogP contribution in [0.2, 0.25) is 0 Å². The Kier molecular flexibility index (Phi) is 1.26. The van der Waals surface area contributed by atoms with Crippen molar-refractivity contribution in [2.75, 3.05) is 0 Å². The highest BCUT2D eigenvalue weighted by atomic mass is 16.6. The van der Waals surface area contributed by atoms with Crippen LogP contribution in [-0.2, 0) is 9.53 Å². The Morgan fingerprint density at radius 3 is 2.33 bits per heavy atom. The Morgan fingerprint density at radius 1 is 1.67 bits per heavy atom. The molecule has 0 unspecified atom stereocenters. The van der Waals surface area contributed by atoms with Crippen LogP contribution in [0.15, 0.2) is 0 Å². The summed E-state index contributed by atoms with van der Waals surface area (Å²) < 4.78 is 4.94. The minimum atomic E-state index is -0.237. The predicted molar refractivity (Wildman–Crippen MR) is 34.0 cm³/mol. The van der Waals surface area contributed by atoms with Crippen LogP contribution < -0.4 is 0 Å². The van der Waals surface area contributed by atoms with Gasteiger partial charge in [0.1, 0.15) is 6.10 Å². The molecule has 0 radical (unpaired) electrons. The number of hydrogen-bond acceptors (Lipinski definition) is 2. The minimum absolute atomic E-state index is 0.0602. The van der Waals surface area contributed by atoms with Crippen LogP contribution in [0.3, 0.4) is 0 Å². The topological polar surface area (TPSA) is 26.3 Å². The largest absolute Gasteiger partial charge is 0.462 e. The molecule has 0 aromatic carbocycles. The Balaban J connectivity index is 2.70. The molecule has 0 saturated carbocycles. The Hall–Kier alpha value is -0.530. The molecule has 52 valence electrons. The van der Waals surface area contributed by atoms with Crippen molar-refractivity contribution in [2.24, 2.45) is 5.41 Å². The molecule has 1 aliphatic rings. The van der Waals surface area contributed by atoms with Crippen LogP contribution in [0, 0.1) is 5.41 Å². The second-order valence-electron chi connectivity index (χ2n) is 3.30. The predicted octanol–water partition coefficient (Wildman–Crippen LogP) is 1.35. The fraction of sp³-hybridized carbons (Fsp3) is 0.857. The highest BCUT2D eigenvalue weighted by molar-refractivity contribution is 5.77. The standard InChI is InChI=1S/C7H12O2/c1-5-4-7(2,3)6(8)9-5/h5H,4H2,1-3H3/t5-/m1/s1. The van der Waals surface area contributed by atoms with Crippen LogP contribution in [0.4, 0.5) is 0 Å². The van der Waals surface area contributed by atoms with Gasteiger partial charge in [0.05, 0.1) is 5.41 Å². The summed E-state index contributed by atoms with van der Waals surface area (Å²) in [6.07, 6.45) is 0.971. The van der Waals surface area contributed by atoms with Gasteiger partial charge in [0, 0.05) is 0 Å². The lowest BCUT2D eigenvalue weighted by Crippen LogP contribution is -2.16. The average molecular weight is 128 g/mol. The van der Waals surface area contributed by atoms with E-state index in [1.807, 2.05) is 20.8 Å². The van der Waals surface area contributed by atoms with Crippen LogP contribution in [0.5, 0.6) is 0 Å². The van der Waals surface area contributed by atoms with Crippen LogP contribution in [0.1, 0.15) is 27.2 Å². The van der Waals surface area contributed by atoms with Gasteiger partial charge in [-0.2, -0.15) is 0 Å². The monoisotopic (exact) mass is 128 g/mol. The summed E-state index contributed by atoms with van der Waals surface area (Å²) in [7, 11) is 0. The second-order valence-corrected chi connectivity index (χ2v) is 3.30. The SMILES string of the molecule is C[C@@H]1CC(C)(C)C(=O)O1. The maximum absolute atomic E-state index is 10.9. The molecule has 0 aromatic rings. The lowest BCUT2D eigenvalue weighted by atomic mass is 9.90. The molecule has 0 aromatic heterocycles. The van der Waals surface area contributed by atoms with Gasteiger partial charge in [-0.1, -0.05) is 0 Å². The first-order valence-electron chi connectivity index (χ1n) is 3.23. The zero-order chi connectivity index (χ0) is 7.07. The molecule has 1 saturated heterocycles. The van der Waals surface area contributed by atoms with E-state index in [1.54, 1.807) is 0 Å². The summed E-state index contributed by atoms with van der Waals surface area (Å²) >= 11 is 0. The maximum Gasteiger partial charge on any atom is 0.311 e. The molecule has 0 amide bonds. The van der Waals surface area contributed by atoms with Crippen molar-refractivity contribution in [3.05, 3.63) is 0 Å². The molecule has 1 atom stereocenters. The molecule has 0 bridgehead atoms. The summed E-state index contributed by atoms with van der Waals surface area (Å²) in [5, 5.41) is 0. The van der Waals surface area contributed by atoms with Gasteiger partial charge in [0.25, 0.3) is 0 Å². The van der Waals surface area contributed by atoms with Crippen molar-refractivity contribution >= 4 is 5.97 Å². The normalized spacial score (nSPS) is 32.3. The zero-order valence-electron chi connectivity index (χ0n) is 6.10. The smallest absolute Gasteiger partial charge is 0.311 e. The third kappa shape index (κ3) is 1.07. The van der Waals surface area contributed by atoms with Crippen molar-refractivity contribution in [1.82, 2.24) is 0 Å². The Morgan fingerprint density at radius 2 is 2.22 bits per heavy atom. The molecule has 2 nitrogen and oxygen atoms in total. The summed E-state index contributed by atoms with van der Waals surface area (Å²) in [5.41, 5.74) is -0.237. The van der Waals surface area contributed by atoms with E-state index in [1.165, 1.54) is 0 Å². The molecule has 1 heterocycles. The molecule has 1 aliphatic heterocycles. The molecular weight excluding hydrogens is 116 g/mol. The summed E-state index contributed by atoms with van der Waals surface area (Å²) in [6.45, 7) is 5.75. The van der Waals surface area contributed by atoms with Crippen molar-refractivity contribution < 1.29 is 9.53 Å². The third-order valence-corrected chi connectivity index (χ3v) is 1.66. The average Bonchev–Trinajstić information content (AvgIpc) is 1.79. The van der Waals surface area contributed by atoms with Gasteiger partial charge in [-0.15, -0.1) is 0 Å². The van der Waals surface area contributed by atoms with E-state index in [9.17, 15) is 4.79 Å². The van der Waals surface area contributed by atoms with E-state index < -0.39 is 0 Å². The highest BCUT2D eigenvalue weighted by Crippen LogP contribution is 2.32. The summed E-state index contributed by atoms with van der Waals surface area (Å²) in [4.78, 5) is 10.9. The number of hydrogen-bond donors (Lipinski definition) is 0. The van der Waals surface area contributed by atoms with Crippen molar-refractivity contribution in [3.63, 3.8) is 0 Å². The maximum atomic E-state index is 10.9. The van der Waals surface area contributed by atoms with Crippen molar-refractivity contribution in [2.45, 2.75) is 33.3 Å². The zero-order valence-corrected chi connectivity index (χ0v) is 6.10. The van der Waals surface area contributed by atoms with Crippen molar-refractivity contribution in [3.8, 4) is 0 Å². The quantitative estimate of drug-likeness (QED) is 0.460. The second kappa shape index (κ2) is 1.72. The molecule has 0 spiro atoms. The fourth-order valence-electron chi connectivity index (χ4n) is 1.19. The lowest BCUT2D eigenvalue weighted by molar-refractivity contribution is -0.147. The van der Waals surface area contributed by atoms with E-state index >= 15 is 0 Å². The fourth-order valence-corrected chi connectivity index (χ4v) is 1.19. The molecule has 0 N–H and O–H groups in total. The molecule has 1 rings (SSSR count). The van der Waals surface area contributed by atoms with Crippen LogP contribution in [0.25, 0.3) is 0 Å². The van der Waals surface area contributed by atoms with Crippen molar-refractivity contribution in [1.29, 1.82) is 0 Å². The van der Waals surface area contributed by atoms with E-state index in [0.29, 0.717) is 0 Å². The van der Waals surface area contributed by atoms with Crippen LogP contribution in [-0.4, -0.2) is 12.1 Å². The van der Waals surface area contributed by atoms with Gasteiger partial charge in [-0.3, -0.25) is 4.79 Å². The Labute approximate surface area is 55.2 Å². The summed E-state index contributed by atoms with van der Waals surface area (Å²) in [6, 6.07) is 0. The first-order chi connectivity index (χ1) is 4.02. The van der Waals surface area contributed by atoms with Gasteiger partial charge < -0.3 is 4.74 Å². The van der Waals surface area contributed by atoms with Gasteiger partial charge in [-0.25, -0.2) is 0 Å². The molecule has 1 fully saturated rings. The summed E-state index contributed by atoms with van der Waals surface area (Å²) in [5.74, 6) is -0.0602.